The molecular formula is C30H25ClN2O3. The van der Waals surface area contributed by atoms with Crippen LogP contribution in [0.4, 0.5) is 5.69 Å². The summed E-state index contributed by atoms with van der Waals surface area (Å²) in [5, 5.41) is 0.577. The Bertz CT molecular complexity index is 1440. The highest BCUT2D eigenvalue weighted by atomic mass is 35.5. The van der Waals surface area contributed by atoms with Gasteiger partial charge < -0.3 is 4.90 Å². The lowest BCUT2D eigenvalue weighted by atomic mass is 9.63. The van der Waals surface area contributed by atoms with E-state index < -0.39 is 28.8 Å². The average molecular weight is 497 g/mol. The first kappa shape index (κ1) is 22.9. The summed E-state index contributed by atoms with van der Waals surface area (Å²) in [4.78, 5) is 49.4. The van der Waals surface area contributed by atoms with Crippen molar-refractivity contribution in [1.29, 1.82) is 0 Å². The number of aromatic nitrogens is 1. The summed E-state index contributed by atoms with van der Waals surface area (Å²) < 4.78 is 0. The molecule has 0 N–H and O–H groups in total. The van der Waals surface area contributed by atoms with Gasteiger partial charge in [-0.1, -0.05) is 74.9 Å². The molecule has 1 fully saturated rings. The van der Waals surface area contributed by atoms with Crippen LogP contribution in [0.25, 0.3) is 6.08 Å². The van der Waals surface area contributed by atoms with E-state index in [-0.39, 0.29) is 17.3 Å². The third-order valence-corrected chi connectivity index (χ3v) is 8.05. The minimum absolute atomic E-state index is 0.0361. The lowest BCUT2D eigenvalue weighted by Crippen LogP contribution is -2.49. The van der Waals surface area contributed by atoms with Gasteiger partial charge >= 0.3 is 0 Å². The number of hydrogen-bond donors (Lipinski definition) is 0. The highest BCUT2D eigenvalue weighted by Crippen LogP contribution is 2.61. The van der Waals surface area contributed by atoms with Crippen LogP contribution in [0.5, 0.6) is 0 Å². The van der Waals surface area contributed by atoms with Gasteiger partial charge in [-0.3, -0.25) is 19.4 Å². The first-order chi connectivity index (χ1) is 17.2. The Hall–Kier alpha value is -3.57. The van der Waals surface area contributed by atoms with E-state index in [0.717, 1.165) is 11.3 Å². The molecule has 6 rings (SSSR count). The zero-order valence-corrected chi connectivity index (χ0v) is 21.0. The second kappa shape index (κ2) is 7.71. The number of hydrogen-bond acceptors (Lipinski definition) is 5. The molecule has 1 aromatic heterocycles. The highest BCUT2D eigenvalue weighted by molar-refractivity contribution is 6.32. The molecule has 6 heteroatoms. The summed E-state index contributed by atoms with van der Waals surface area (Å²) in [6.07, 6.45) is 7.16. The quantitative estimate of drug-likeness (QED) is 0.420. The van der Waals surface area contributed by atoms with Gasteiger partial charge in [0.25, 0.3) is 0 Å². The summed E-state index contributed by atoms with van der Waals surface area (Å²) in [6, 6.07) is 14.8. The van der Waals surface area contributed by atoms with Crippen LogP contribution in [0, 0.1) is 10.8 Å². The largest absolute Gasteiger partial charge is 0.352 e. The van der Waals surface area contributed by atoms with E-state index in [4.69, 9.17) is 11.6 Å². The maximum Gasteiger partial charge on any atom is 0.180 e. The van der Waals surface area contributed by atoms with Crippen LogP contribution in [0.2, 0.25) is 5.02 Å². The number of carbonyl (C=O) groups excluding carboxylic acids is 3. The molecule has 2 aliphatic heterocycles. The molecule has 36 heavy (non-hydrogen) atoms. The SMILES string of the molecule is CC(C)(C)C(=O)[C@@H]1[C@@H](c2cccnc2)C2(C(=O)c3ccccc3C2=O)[C@H]2C=Cc3cc(Cl)ccc3N12. The van der Waals surface area contributed by atoms with Crippen LogP contribution in [0.1, 0.15) is 58.5 Å². The Morgan fingerprint density at radius 2 is 1.69 bits per heavy atom. The first-order valence-electron chi connectivity index (χ1n) is 12.1. The molecule has 0 amide bonds. The average Bonchev–Trinajstić information content (AvgIpc) is 3.29. The van der Waals surface area contributed by atoms with Gasteiger partial charge in [0, 0.05) is 45.6 Å². The molecule has 3 atom stereocenters. The van der Waals surface area contributed by atoms with Crippen LogP contribution in [0.3, 0.4) is 0 Å². The van der Waals surface area contributed by atoms with Gasteiger partial charge in [0.05, 0.1) is 12.1 Å². The van der Waals surface area contributed by atoms with E-state index in [9.17, 15) is 14.4 Å². The number of rotatable bonds is 2. The Morgan fingerprint density at radius 1 is 1.00 bits per heavy atom. The van der Waals surface area contributed by atoms with E-state index in [1.807, 2.05) is 56.0 Å². The molecule has 0 radical (unpaired) electrons. The van der Waals surface area contributed by atoms with Crippen LogP contribution < -0.4 is 4.90 Å². The van der Waals surface area contributed by atoms with E-state index in [1.54, 1.807) is 48.8 Å². The topological polar surface area (TPSA) is 67.3 Å². The van der Waals surface area contributed by atoms with Crippen LogP contribution in [-0.4, -0.2) is 34.4 Å². The van der Waals surface area contributed by atoms with Crippen molar-refractivity contribution in [3.63, 3.8) is 0 Å². The number of anilines is 1. The highest BCUT2D eigenvalue weighted by Gasteiger charge is 2.72. The molecular weight excluding hydrogens is 472 g/mol. The monoisotopic (exact) mass is 496 g/mol. The molecule has 5 nitrogen and oxygen atoms in total. The van der Waals surface area contributed by atoms with Crippen molar-refractivity contribution in [3.05, 3.63) is 100 Å². The minimum Gasteiger partial charge on any atom is -0.352 e. The fraction of sp³-hybridized carbons (Fsp3) is 0.267. The fourth-order valence-electron chi connectivity index (χ4n) is 6.32. The second-order valence-corrected chi connectivity index (χ2v) is 11.2. The predicted molar refractivity (Wildman–Crippen MR) is 140 cm³/mol. The zero-order chi connectivity index (χ0) is 25.4. The molecule has 0 bridgehead atoms. The maximum absolute atomic E-state index is 14.4. The predicted octanol–water partition coefficient (Wildman–Crippen LogP) is 5.78. The van der Waals surface area contributed by atoms with Gasteiger partial charge in [0.2, 0.25) is 0 Å². The fourth-order valence-corrected chi connectivity index (χ4v) is 6.51. The van der Waals surface area contributed by atoms with Crippen LogP contribution in [0.15, 0.2) is 73.1 Å². The number of halogens is 1. The van der Waals surface area contributed by atoms with Gasteiger partial charge in [-0.05, 0) is 35.4 Å². The molecule has 1 aliphatic carbocycles. The third-order valence-electron chi connectivity index (χ3n) is 7.82. The Labute approximate surface area is 214 Å². The molecule has 180 valence electrons. The van der Waals surface area contributed by atoms with Crippen molar-refractivity contribution in [2.24, 2.45) is 10.8 Å². The van der Waals surface area contributed by atoms with Crippen molar-refractivity contribution >= 4 is 40.7 Å². The second-order valence-electron chi connectivity index (χ2n) is 10.8. The van der Waals surface area contributed by atoms with Crippen LogP contribution >= 0.6 is 11.6 Å². The van der Waals surface area contributed by atoms with Crippen molar-refractivity contribution in [3.8, 4) is 0 Å². The number of benzene rings is 2. The van der Waals surface area contributed by atoms with Crippen molar-refractivity contribution in [2.75, 3.05) is 4.90 Å². The number of nitrogens with zero attached hydrogens (tertiary/aromatic N) is 2. The third kappa shape index (κ3) is 2.89. The van der Waals surface area contributed by atoms with E-state index in [2.05, 4.69) is 4.98 Å². The Morgan fingerprint density at radius 3 is 2.31 bits per heavy atom. The normalized spacial score (nSPS) is 23.6. The molecule has 0 unspecified atom stereocenters. The zero-order valence-electron chi connectivity index (χ0n) is 20.2. The molecule has 2 aromatic carbocycles. The molecule has 0 saturated carbocycles. The van der Waals surface area contributed by atoms with E-state index in [0.29, 0.717) is 21.7 Å². The van der Waals surface area contributed by atoms with Gasteiger partial charge in [-0.15, -0.1) is 0 Å². The van der Waals surface area contributed by atoms with Crippen molar-refractivity contribution < 1.29 is 14.4 Å². The van der Waals surface area contributed by atoms with E-state index in [1.165, 1.54) is 0 Å². The number of Topliss-reactive ketones (excluding diaryl/α,β-unsaturated/α-hetero) is 3. The molecule has 3 aliphatic rings. The Kier molecular flexibility index (Phi) is 4.90. The van der Waals surface area contributed by atoms with Gasteiger partial charge in [-0.2, -0.15) is 0 Å². The standard InChI is InChI=1S/C30H25ClN2O3/c1-29(2,3)28(36)25-24(18-7-6-14-32-16-18)30(26(34)20-8-4-5-9-21(20)27(30)35)23-13-10-17-15-19(31)11-12-22(17)33(23)25/h4-16,23-25H,1-3H3/t23-,24-,25+/m1/s1. The van der Waals surface area contributed by atoms with Gasteiger partial charge in [-0.25, -0.2) is 0 Å². The first-order valence-corrected chi connectivity index (χ1v) is 12.4. The lowest BCUT2D eigenvalue weighted by molar-refractivity contribution is -0.127. The summed E-state index contributed by atoms with van der Waals surface area (Å²) in [6.45, 7) is 5.64. The Balaban J connectivity index is 1.70. The molecule has 1 spiro atoms. The number of fused-ring (bicyclic) bond motifs is 5. The molecule has 1 saturated heterocycles. The lowest BCUT2D eigenvalue weighted by Gasteiger charge is -2.38. The van der Waals surface area contributed by atoms with E-state index >= 15 is 0 Å². The summed E-state index contributed by atoms with van der Waals surface area (Å²) in [5.74, 6) is -1.23. The summed E-state index contributed by atoms with van der Waals surface area (Å²) >= 11 is 6.31. The number of carbonyl (C=O) groups is 3. The smallest absolute Gasteiger partial charge is 0.180 e. The molecule has 3 aromatic rings. The molecule has 3 heterocycles. The van der Waals surface area contributed by atoms with Crippen molar-refractivity contribution in [2.45, 2.75) is 38.8 Å². The van der Waals surface area contributed by atoms with Gasteiger partial charge in [0.1, 0.15) is 5.41 Å². The van der Waals surface area contributed by atoms with Gasteiger partial charge in [0.15, 0.2) is 17.3 Å². The summed E-state index contributed by atoms with van der Waals surface area (Å²) in [7, 11) is 0. The maximum atomic E-state index is 14.4. The minimum atomic E-state index is -1.49. The number of ketones is 3. The van der Waals surface area contributed by atoms with Crippen molar-refractivity contribution in [1.82, 2.24) is 4.98 Å². The van der Waals surface area contributed by atoms with Crippen LogP contribution in [-0.2, 0) is 4.79 Å². The number of pyridine rings is 1. The summed E-state index contributed by atoms with van der Waals surface area (Å²) in [5.41, 5.74) is 0.956.